The van der Waals surface area contributed by atoms with Gasteiger partial charge in [-0.25, -0.2) is 8.42 Å². The second-order valence-electron chi connectivity index (χ2n) is 4.97. The number of nitrogens with zero attached hydrogens (tertiary/aromatic N) is 2. The Morgan fingerprint density at radius 2 is 1.70 bits per heavy atom. The van der Waals surface area contributed by atoms with Gasteiger partial charge in [-0.1, -0.05) is 39.5 Å². The summed E-state index contributed by atoms with van der Waals surface area (Å²) in [6.45, 7) is 5.29. The summed E-state index contributed by atoms with van der Waals surface area (Å²) in [4.78, 5) is 0.0884. The predicted octanol–water partition coefficient (Wildman–Crippen LogP) is 2.36. The van der Waals surface area contributed by atoms with Gasteiger partial charge >= 0.3 is 0 Å². The molecule has 0 amide bonds. The quantitative estimate of drug-likeness (QED) is 0.649. The molecule has 0 aliphatic carbocycles. The smallest absolute Gasteiger partial charge is 0.248 e. The number of H-pyrrole nitrogens is 1. The number of hydrogen-bond acceptors (Lipinski definition) is 4. The molecule has 0 aliphatic heterocycles. The summed E-state index contributed by atoms with van der Waals surface area (Å²) in [5, 5.41) is 6.19. The van der Waals surface area contributed by atoms with E-state index in [0.29, 0.717) is 13.1 Å². The molecule has 1 heterocycles. The van der Waals surface area contributed by atoms with Crippen LogP contribution in [0.25, 0.3) is 0 Å². The molecule has 1 rings (SSSR count). The first-order valence-electron chi connectivity index (χ1n) is 7.33. The van der Waals surface area contributed by atoms with Crippen LogP contribution in [-0.4, -0.2) is 36.0 Å². The Balaban J connectivity index is 2.81. The summed E-state index contributed by atoms with van der Waals surface area (Å²) < 4.78 is 26.7. The van der Waals surface area contributed by atoms with Crippen molar-refractivity contribution in [2.75, 3.05) is 18.8 Å². The van der Waals surface area contributed by atoms with E-state index in [1.54, 1.807) is 4.31 Å². The van der Waals surface area contributed by atoms with E-state index >= 15 is 0 Å². The van der Waals surface area contributed by atoms with Gasteiger partial charge in [-0.2, -0.15) is 9.40 Å². The number of nitrogens with two attached hydrogens (primary N) is 1. The van der Waals surface area contributed by atoms with Crippen LogP contribution in [-0.2, 0) is 10.0 Å². The van der Waals surface area contributed by atoms with Gasteiger partial charge in [0.05, 0.1) is 6.20 Å². The number of nitrogens with one attached hydrogen (secondary N) is 1. The maximum Gasteiger partial charge on any atom is 0.248 e. The van der Waals surface area contributed by atoms with Crippen molar-refractivity contribution in [2.24, 2.45) is 0 Å². The molecule has 1 aromatic rings. The third-order valence-corrected chi connectivity index (χ3v) is 5.20. The molecule has 0 saturated heterocycles. The summed E-state index contributed by atoms with van der Waals surface area (Å²) in [5.74, 6) is 0.112. The van der Waals surface area contributed by atoms with Crippen molar-refractivity contribution in [3.8, 4) is 0 Å². The molecule has 0 atom stereocenters. The molecule has 0 saturated carbocycles. The monoisotopic (exact) mass is 302 g/mol. The van der Waals surface area contributed by atoms with E-state index in [4.69, 9.17) is 5.73 Å². The molecule has 20 heavy (non-hydrogen) atoms. The van der Waals surface area contributed by atoms with Gasteiger partial charge < -0.3 is 5.73 Å². The molecule has 116 valence electrons. The third-order valence-electron chi connectivity index (χ3n) is 3.27. The zero-order valence-corrected chi connectivity index (χ0v) is 13.2. The molecule has 0 bridgehead atoms. The van der Waals surface area contributed by atoms with E-state index in [2.05, 4.69) is 24.0 Å². The van der Waals surface area contributed by atoms with E-state index < -0.39 is 10.0 Å². The van der Waals surface area contributed by atoms with Gasteiger partial charge in [0.2, 0.25) is 10.0 Å². The second-order valence-corrected chi connectivity index (χ2v) is 6.87. The topological polar surface area (TPSA) is 92.1 Å². The lowest BCUT2D eigenvalue weighted by Gasteiger charge is -2.21. The van der Waals surface area contributed by atoms with Crippen LogP contribution in [0.1, 0.15) is 52.4 Å². The van der Waals surface area contributed by atoms with Gasteiger partial charge in [0, 0.05) is 13.1 Å². The second kappa shape index (κ2) is 8.26. The Kier molecular flexibility index (Phi) is 7.01. The molecule has 0 aromatic carbocycles. The standard InChI is InChI=1S/C13H26N4O2S/c1-3-5-7-9-17(10-8-6-4-2)20(18,19)12-11-15-16-13(12)14/h11H,3-10H2,1-2H3,(H3,14,15,16). The average Bonchev–Trinajstić information content (AvgIpc) is 2.84. The first kappa shape index (κ1) is 17.0. The first-order valence-corrected chi connectivity index (χ1v) is 8.77. The predicted molar refractivity (Wildman–Crippen MR) is 80.8 cm³/mol. The van der Waals surface area contributed by atoms with E-state index in [1.807, 2.05) is 0 Å². The number of rotatable bonds is 10. The molecular formula is C13H26N4O2S. The van der Waals surface area contributed by atoms with Gasteiger partial charge in [-0.3, -0.25) is 5.10 Å². The minimum atomic E-state index is -3.53. The summed E-state index contributed by atoms with van der Waals surface area (Å²) in [6, 6.07) is 0. The average molecular weight is 302 g/mol. The fourth-order valence-corrected chi connectivity index (χ4v) is 3.58. The van der Waals surface area contributed by atoms with E-state index in [9.17, 15) is 8.42 Å². The van der Waals surface area contributed by atoms with Gasteiger partial charge in [0.25, 0.3) is 0 Å². The number of unbranched alkanes of at least 4 members (excludes halogenated alkanes) is 4. The number of nitrogen functional groups attached to an aromatic ring is 1. The molecule has 6 nitrogen and oxygen atoms in total. The Morgan fingerprint density at radius 1 is 1.15 bits per heavy atom. The lowest BCUT2D eigenvalue weighted by Crippen LogP contribution is -2.33. The van der Waals surface area contributed by atoms with E-state index in [-0.39, 0.29) is 10.7 Å². The molecule has 0 radical (unpaired) electrons. The Bertz CT molecular complexity index is 474. The maximum absolute atomic E-state index is 12.6. The van der Waals surface area contributed by atoms with Crippen LogP contribution in [0.2, 0.25) is 0 Å². The normalized spacial score (nSPS) is 12.2. The lowest BCUT2D eigenvalue weighted by molar-refractivity contribution is 0.389. The number of sulfonamides is 1. The highest BCUT2D eigenvalue weighted by molar-refractivity contribution is 7.89. The van der Waals surface area contributed by atoms with Crippen molar-refractivity contribution in [3.05, 3.63) is 6.20 Å². The fourth-order valence-electron chi connectivity index (χ4n) is 2.06. The molecule has 0 fully saturated rings. The van der Waals surface area contributed by atoms with Crippen molar-refractivity contribution in [1.82, 2.24) is 14.5 Å². The molecule has 0 aliphatic rings. The lowest BCUT2D eigenvalue weighted by atomic mass is 10.2. The van der Waals surface area contributed by atoms with E-state index in [1.165, 1.54) is 6.20 Å². The van der Waals surface area contributed by atoms with Gasteiger partial charge in [-0.05, 0) is 12.8 Å². The largest absolute Gasteiger partial charge is 0.383 e. The third kappa shape index (κ3) is 4.49. The Hall–Kier alpha value is -1.08. The summed E-state index contributed by atoms with van der Waals surface area (Å²) >= 11 is 0. The van der Waals surface area contributed by atoms with E-state index in [0.717, 1.165) is 38.5 Å². The highest BCUT2D eigenvalue weighted by atomic mass is 32.2. The van der Waals surface area contributed by atoms with Crippen LogP contribution in [0.5, 0.6) is 0 Å². The molecule has 7 heteroatoms. The van der Waals surface area contributed by atoms with Crippen LogP contribution < -0.4 is 5.73 Å². The zero-order chi connectivity index (χ0) is 15.0. The van der Waals surface area contributed by atoms with Crippen LogP contribution in [0, 0.1) is 0 Å². The highest BCUT2D eigenvalue weighted by Crippen LogP contribution is 2.21. The van der Waals surface area contributed by atoms with Gasteiger partial charge in [0.1, 0.15) is 10.7 Å². The van der Waals surface area contributed by atoms with Gasteiger partial charge in [0.15, 0.2) is 0 Å². The summed E-state index contributed by atoms with van der Waals surface area (Å²) in [7, 11) is -3.53. The first-order chi connectivity index (χ1) is 9.54. The van der Waals surface area contributed by atoms with Crippen molar-refractivity contribution < 1.29 is 8.42 Å². The van der Waals surface area contributed by atoms with Gasteiger partial charge in [-0.15, -0.1) is 0 Å². The summed E-state index contributed by atoms with van der Waals surface area (Å²) in [5.41, 5.74) is 5.65. The Labute approximate surface area is 121 Å². The van der Waals surface area contributed by atoms with Crippen molar-refractivity contribution >= 4 is 15.8 Å². The number of anilines is 1. The zero-order valence-electron chi connectivity index (χ0n) is 12.4. The van der Waals surface area contributed by atoms with Crippen LogP contribution in [0.4, 0.5) is 5.82 Å². The highest BCUT2D eigenvalue weighted by Gasteiger charge is 2.27. The SMILES string of the molecule is CCCCCN(CCCCC)S(=O)(=O)c1cn[nH]c1N. The number of aromatic amines is 1. The van der Waals surface area contributed by atoms with Crippen molar-refractivity contribution in [1.29, 1.82) is 0 Å². The van der Waals surface area contributed by atoms with Crippen molar-refractivity contribution in [3.63, 3.8) is 0 Å². The molecule has 0 spiro atoms. The minimum absolute atomic E-state index is 0.0884. The molecule has 1 aromatic heterocycles. The molecule has 0 unspecified atom stereocenters. The van der Waals surface area contributed by atoms with Crippen molar-refractivity contribution in [2.45, 2.75) is 57.3 Å². The minimum Gasteiger partial charge on any atom is -0.383 e. The van der Waals surface area contributed by atoms with Crippen LogP contribution in [0.3, 0.4) is 0 Å². The Morgan fingerprint density at radius 3 is 2.10 bits per heavy atom. The molecular weight excluding hydrogens is 276 g/mol. The number of aromatic nitrogens is 2. The molecule has 3 N–H and O–H groups in total. The summed E-state index contributed by atoms with van der Waals surface area (Å²) in [6.07, 6.45) is 7.23. The number of hydrogen-bond donors (Lipinski definition) is 2. The maximum atomic E-state index is 12.6. The van der Waals surface area contributed by atoms with Crippen LogP contribution >= 0.6 is 0 Å². The van der Waals surface area contributed by atoms with Crippen LogP contribution in [0.15, 0.2) is 11.1 Å². The fraction of sp³-hybridized carbons (Fsp3) is 0.769.